The molecule has 0 bridgehead atoms. The van der Waals surface area contributed by atoms with Crippen molar-refractivity contribution in [2.24, 2.45) is 5.92 Å². The van der Waals surface area contributed by atoms with Crippen molar-refractivity contribution in [1.82, 2.24) is 0 Å². The van der Waals surface area contributed by atoms with Gasteiger partial charge >= 0.3 is 12.1 Å². The molecular weight excluding hydrogens is 407 g/mol. The first-order valence-corrected chi connectivity index (χ1v) is 10.5. The number of para-hydroxylation sites is 1. The molecule has 2 aromatic rings. The fourth-order valence-electron chi connectivity index (χ4n) is 3.51. The van der Waals surface area contributed by atoms with Crippen LogP contribution >= 0.6 is 0 Å². The first kappa shape index (κ1) is 21.2. The third-order valence-corrected chi connectivity index (χ3v) is 6.83. The minimum absolute atomic E-state index is 0.143. The van der Waals surface area contributed by atoms with Crippen molar-refractivity contribution < 1.29 is 31.1 Å². The number of hydrogen-bond acceptors (Lipinski definition) is 4. The number of alkyl halides is 3. The van der Waals surface area contributed by atoms with E-state index in [0.717, 1.165) is 22.5 Å². The van der Waals surface area contributed by atoms with Crippen LogP contribution in [0.2, 0.25) is 0 Å². The van der Waals surface area contributed by atoms with Crippen molar-refractivity contribution in [3.63, 3.8) is 0 Å². The molecule has 0 aromatic heterocycles. The molecule has 3 rings (SSSR count). The number of benzene rings is 2. The normalized spacial score (nSPS) is 19.6. The first-order chi connectivity index (χ1) is 13.6. The van der Waals surface area contributed by atoms with Crippen molar-refractivity contribution in [3.8, 4) is 0 Å². The van der Waals surface area contributed by atoms with Crippen LogP contribution in [0.15, 0.2) is 53.4 Å². The van der Waals surface area contributed by atoms with E-state index in [1.165, 1.54) is 0 Å². The van der Waals surface area contributed by atoms with Gasteiger partial charge in [0, 0.05) is 0 Å². The standard InChI is InChI=1S/C20H20F3NO4S/c1-3-28-19(25)17-11-14-7-4-5-10-18(14)24(13(17)2)29(26,27)16-9-6-8-15(12-16)20(21,22)23/h4-10,12-13,17H,3,11H2,1-2H3/t13-,17-/m1/s1. The highest BCUT2D eigenvalue weighted by Gasteiger charge is 2.43. The Morgan fingerprint density at radius 2 is 1.86 bits per heavy atom. The Bertz CT molecular complexity index is 1020. The van der Waals surface area contributed by atoms with Crippen LogP contribution in [-0.4, -0.2) is 27.0 Å². The molecule has 29 heavy (non-hydrogen) atoms. The monoisotopic (exact) mass is 427 g/mol. The summed E-state index contributed by atoms with van der Waals surface area (Å²) in [5.74, 6) is -1.32. The van der Waals surface area contributed by atoms with Crippen molar-refractivity contribution in [1.29, 1.82) is 0 Å². The largest absolute Gasteiger partial charge is 0.466 e. The van der Waals surface area contributed by atoms with Crippen LogP contribution in [0.25, 0.3) is 0 Å². The first-order valence-electron chi connectivity index (χ1n) is 9.03. The Morgan fingerprint density at radius 3 is 2.52 bits per heavy atom. The fourth-order valence-corrected chi connectivity index (χ4v) is 5.29. The zero-order valence-corrected chi connectivity index (χ0v) is 16.6. The van der Waals surface area contributed by atoms with Crippen LogP contribution in [0.5, 0.6) is 0 Å². The Morgan fingerprint density at radius 1 is 1.17 bits per heavy atom. The Balaban J connectivity index is 2.13. The lowest BCUT2D eigenvalue weighted by molar-refractivity contribution is -0.148. The molecule has 0 aliphatic carbocycles. The predicted octanol–water partition coefficient (Wildman–Crippen LogP) is 4.02. The second kappa shape index (κ2) is 7.70. The Hall–Kier alpha value is -2.55. The van der Waals surface area contributed by atoms with Gasteiger partial charge in [-0.15, -0.1) is 0 Å². The number of halogens is 3. The molecule has 0 unspecified atom stereocenters. The van der Waals surface area contributed by atoms with E-state index in [1.54, 1.807) is 38.1 Å². The Kier molecular flexibility index (Phi) is 5.62. The molecule has 156 valence electrons. The van der Waals surface area contributed by atoms with E-state index in [2.05, 4.69) is 0 Å². The maximum atomic E-state index is 13.4. The smallest absolute Gasteiger partial charge is 0.416 e. The topological polar surface area (TPSA) is 63.7 Å². The van der Waals surface area contributed by atoms with E-state index in [0.29, 0.717) is 17.3 Å². The number of esters is 1. The average molecular weight is 427 g/mol. The van der Waals surface area contributed by atoms with Gasteiger partial charge in [-0.2, -0.15) is 13.2 Å². The molecular formula is C20H20F3NO4S. The van der Waals surface area contributed by atoms with Gasteiger partial charge in [0.05, 0.1) is 34.7 Å². The van der Waals surface area contributed by atoms with E-state index in [9.17, 15) is 26.4 Å². The summed E-state index contributed by atoms with van der Waals surface area (Å²) in [4.78, 5) is 11.9. The number of sulfonamides is 1. The SMILES string of the molecule is CCOC(=O)[C@@H]1Cc2ccccc2N(S(=O)(=O)c2cccc(C(F)(F)F)c2)[C@@H]1C. The molecule has 1 aliphatic rings. The molecule has 0 fully saturated rings. The van der Waals surface area contributed by atoms with Crippen LogP contribution in [0.4, 0.5) is 18.9 Å². The number of ether oxygens (including phenoxy) is 1. The third kappa shape index (κ3) is 3.96. The number of fused-ring (bicyclic) bond motifs is 1. The second-order valence-electron chi connectivity index (χ2n) is 6.76. The molecule has 1 aliphatic heterocycles. The average Bonchev–Trinajstić information content (AvgIpc) is 2.66. The van der Waals surface area contributed by atoms with E-state index in [-0.39, 0.29) is 13.0 Å². The third-order valence-electron chi connectivity index (χ3n) is 4.93. The van der Waals surface area contributed by atoms with E-state index in [1.807, 2.05) is 0 Å². The summed E-state index contributed by atoms with van der Waals surface area (Å²) in [6.07, 6.45) is -4.39. The molecule has 2 aromatic carbocycles. The quantitative estimate of drug-likeness (QED) is 0.692. The zero-order valence-electron chi connectivity index (χ0n) is 15.8. The summed E-state index contributed by atoms with van der Waals surface area (Å²) in [5.41, 5.74) is -0.101. The molecule has 0 radical (unpaired) electrons. The zero-order chi connectivity index (χ0) is 21.4. The highest BCUT2D eigenvalue weighted by molar-refractivity contribution is 7.92. The minimum Gasteiger partial charge on any atom is -0.466 e. The van der Waals surface area contributed by atoms with Gasteiger partial charge in [-0.3, -0.25) is 9.10 Å². The molecule has 9 heteroatoms. The van der Waals surface area contributed by atoms with Gasteiger partial charge in [0.15, 0.2) is 0 Å². The molecule has 1 heterocycles. The lowest BCUT2D eigenvalue weighted by Crippen LogP contribution is -2.49. The van der Waals surface area contributed by atoms with Gasteiger partial charge < -0.3 is 4.74 Å². The molecule has 2 atom stereocenters. The van der Waals surface area contributed by atoms with Crippen LogP contribution < -0.4 is 4.31 Å². The molecule has 0 saturated heterocycles. The lowest BCUT2D eigenvalue weighted by Gasteiger charge is -2.40. The summed E-state index contributed by atoms with van der Waals surface area (Å²) >= 11 is 0. The van der Waals surface area contributed by atoms with Gasteiger partial charge in [0.1, 0.15) is 0 Å². The van der Waals surface area contributed by atoms with Crippen LogP contribution in [0, 0.1) is 5.92 Å². The molecule has 0 spiro atoms. The fraction of sp³-hybridized carbons (Fsp3) is 0.350. The van der Waals surface area contributed by atoms with Gasteiger partial charge in [0.2, 0.25) is 0 Å². The number of carbonyl (C=O) groups is 1. The molecule has 0 saturated carbocycles. The van der Waals surface area contributed by atoms with E-state index in [4.69, 9.17) is 4.74 Å². The van der Waals surface area contributed by atoms with Gasteiger partial charge in [-0.1, -0.05) is 24.3 Å². The maximum absolute atomic E-state index is 13.4. The lowest BCUT2D eigenvalue weighted by atomic mass is 9.88. The highest BCUT2D eigenvalue weighted by atomic mass is 32.2. The summed E-state index contributed by atoms with van der Waals surface area (Å²) in [6.45, 7) is 3.35. The number of rotatable bonds is 4. The number of carbonyl (C=O) groups excluding carboxylic acids is 1. The van der Waals surface area contributed by atoms with Crippen molar-refractivity contribution >= 4 is 21.7 Å². The van der Waals surface area contributed by atoms with E-state index < -0.39 is 44.6 Å². The minimum atomic E-state index is -4.68. The summed E-state index contributed by atoms with van der Waals surface area (Å²) in [5, 5.41) is 0. The number of anilines is 1. The predicted molar refractivity (Wildman–Crippen MR) is 101 cm³/mol. The highest BCUT2D eigenvalue weighted by Crippen LogP contribution is 2.39. The maximum Gasteiger partial charge on any atom is 0.416 e. The van der Waals surface area contributed by atoms with Gasteiger partial charge in [-0.05, 0) is 50.1 Å². The number of nitrogens with zero attached hydrogens (tertiary/aromatic N) is 1. The Labute approximate surface area is 167 Å². The summed E-state index contributed by atoms with van der Waals surface area (Å²) < 4.78 is 72.2. The molecule has 0 N–H and O–H groups in total. The van der Waals surface area contributed by atoms with E-state index >= 15 is 0 Å². The van der Waals surface area contributed by atoms with Crippen LogP contribution in [0.1, 0.15) is 25.0 Å². The van der Waals surface area contributed by atoms with Crippen molar-refractivity contribution in [3.05, 3.63) is 59.7 Å². The number of hydrogen-bond donors (Lipinski definition) is 0. The van der Waals surface area contributed by atoms with Crippen molar-refractivity contribution in [2.45, 2.75) is 37.4 Å². The summed E-state index contributed by atoms with van der Waals surface area (Å²) in [6, 6.07) is 9.40. The van der Waals surface area contributed by atoms with Gasteiger partial charge in [0.25, 0.3) is 10.0 Å². The van der Waals surface area contributed by atoms with Crippen LogP contribution in [-0.2, 0) is 32.2 Å². The van der Waals surface area contributed by atoms with Crippen molar-refractivity contribution in [2.75, 3.05) is 10.9 Å². The molecule has 0 amide bonds. The van der Waals surface area contributed by atoms with Crippen LogP contribution in [0.3, 0.4) is 0 Å². The summed E-state index contributed by atoms with van der Waals surface area (Å²) in [7, 11) is -4.36. The second-order valence-corrected chi connectivity index (χ2v) is 8.57. The van der Waals surface area contributed by atoms with Gasteiger partial charge in [-0.25, -0.2) is 8.42 Å². The molecule has 5 nitrogen and oxygen atoms in total.